The van der Waals surface area contributed by atoms with Gasteiger partial charge in [-0.15, -0.1) is 0 Å². The fourth-order valence-electron chi connectivity index (χ4n) is 3.60. The van der Waals surface area contributed by atoms with Crippen molar-refractivity contribution in [2.24, 2.45) is 11.8 Å². The van der Waals surface area contributed by atoms with Crippen molar-refractivity contribution >= 4 is 27.6 Å². The van der Waals surface area contributed by atoms with Crippen LogP contribution in [0.1, 0.15) is 32.1 Å². The van der Waals surface area contributed by atoms with Crippen LogP contribution in [-0.4, -0.2) is 42.8 Å². The number of rotatable bonds is 5. The number of anilines is 1. The van der Waals surface area contributed by atoms with Crippen molar-refractivity contribution in [3.63, 3.8) is 0 Å². The van der Waals surface area contributed by atoms with Crippen LogP contribution in [0, 0.1) is 11.8 Å². The van der Waals surface area contributed by atoms with Crippen molar-refractivity contribution in [2.45, 2.75) is 37.0 Å². The van der Waals surface area contributed by atoms with Crippen molar-refractivity contribution < 1.29 is 23.1 Å². The summed E-state index contributed by atoms with van der Waals surface area (Å²) in [6.07, 6.45) is 6.98. The van der Waals surface area contributed by atoms with Gasteiger partial charge in [-0.2, -0.15) is 4.31 Å². The van der Waals surface area contributed by atoms with Gasteiger partial charge < -0.3 is 10.4 Å². The number of amides is 1. The maximum absolute atomic E-state index is 12.8. The summed E-state index contributed by atoms with van der Waals surface area (Å²) in [6, 6.07) is 6.16. The molecule has 1 heterocycles. The molecule has 0 unspecified atom stereocenters. The molecule has 27 heavy (non-hydrogen) atoms. The summed E-state index contributed by atoms with van der Waals surface area (Å²) in [4.78, 5) is 24.1. The molecule has 2 aliphatic rings. The van der Waals surface area contributed by atoms with Crippen LogP contribution in [-0.2, 0) is 19.6 Å². The normalized spacial score (nSPS) is 23.7. The van der Waals surface area contributed by atoms with Crippen molar-refractivity contribution in [1.82, 2.24) is 4.31 Å². The Morgan fingerprint density at radius 3 is 2.37 bits per heavy atom. The zero-order valence-corrected chi connectivity index (χ0v) is 15.8. The molecule has 0 spiro atoms. The Labute approximate surface area is 159 Å². The summed E-state index contributed by atoms with van der Waals surface area (Å²) in [5.41, 5.74) is 0.358. The molecule has 7 nitrogen and oxygen atoms in total. The minimum absolute atomic E-state index is 0.139. The average molecular weight is 392 g/mol. The summed E-state index contributed by atoms with van der Waals surface area (Å²) in [5.74, 6) is -2.84. The third-order valence-corrected chi connectivity index (χ3v) is 7.04. The van der Waals surface area contributed by atoms with Gasteiger partial charge in [-0.25, -0.2) is 8.42 Å². The van der Waals surface area contributed by atoms with Crippen molar-refractivity contribution in [1.29, 1.82) is 0 Å². The highest BCUT2D eigenvalue weighted by Crippen LogP contribution is 2.28. The van der Waals surface area contributed by atoms with Crippen LogP contribution in [0.4, 0.5) is 5.69 Å². The zero-order valence-electron chi connectivity index (χ0n) is 15.0. The van der Waals surface area contributed by atoms with Crippen molar-refractivity contribution in [3.8, 4) is 0 Å². The Morgan fingerprint density at radius 1 is 1.04 bits per heavy atom. The van der Waals surface area contributed by atoms with Crippen LogP contribution in [0.25, 0.3) is 0 Å². The molecule has 1 fully saturated rings. The molecule has 1 amide bonds. The highest BCUT2D eigenvalue weighted by Gasteiger charge is 2.34. The van der Waals surface area contributed by atoms with Crippen molar-refractivity contribution in [2.75, 3.05) is 18.4 Å². The van der Waals surface area contributed by atoms with E-state index >= 15 is 0 Å². The van der Waals surface area contributed by atoms with E-state index in [1.165, 1.54) is 16.4 Å². The Hall–Kier alpha value is -2.19. The largest absolute Gasteiger partial charge is 0.481 e. The Morgan fingerprint density at radius 2 is 1.70 bits per heavy atom. The monoisotopic (exact) mass is 392 g/mol. The van der Waals surface area contributed by atoms with Gasteiger partial charge in [0.05, 0.1) is 16.7 Å². The molecule has 1 saturated heterocycles. The molecule has 8 heteroatoms. The van der Waals surface area contributed by atoms with Crippen LogP contribution in [0.5, 0.6) is 0 Å². The Bertz CT molecular complexity index is 843. The van der Waals surface area contributed by atoms with E-state index in [0.717, 1.165) is 19.3 Å². The number of nitrogens with zero attached hydrogens (tertiary/aromatic N) is 1. The average Bonchev–Trinajstić information content (AvgIpc) is 2.69. The number of carbonyl (C=O) groups excluding carboxylic acids is 1. The van der Waals surface area contributed by atoms with Crippen LogP contribution < -0.4 is 5.32 Å². The van der Waals surface area contributed by atoms with Crippen LogP contribution in [0.3, 0.4) is 0 Å². The maximum atomic E-state index is 12.8. The van der Waals surface area contributed by atoms with E-state index in [1.807, 2.05) is 0 Å². The van der Waals surface area contributed by atoms with E-state index in [0.29, 0.717) is 31.6 Å². The summed E-state index contributed by atoms with van der Waals surface area (Å²) in [7, 11) is -3.59. The lowest BCUT2D eigenvalue weighted by Crippen LogP contribution is -2.36. The number of carbonyl (C=O) groups is 2. The number of sulfonamides is 1. The van der Waals surface area contributed by atoms with Crippen LogP contribution >= 0.6 is 0 Å². The first-order valence-electron chi connectivity index (χ1n) is 9.18. The maximum Gasteiger partial charge on any atom is 0.307 e. The molecule has 0 aromatic heterocycles. The molecule has 1 aromatic rings. The number of carboxylic acids is 1. The Kier molecular flexibility index (Phi) is 5.96. The number of benzene rings is 1. The van der Waals surface area contributed by atoms with Gasteiger partial charge in [0.2, 0.25) is 15.9 Å². The fraction of sp³-hybridized carbons (Fsp3) is 0.474. The van der Waals surface area contributed by atoms with Gasteiger partial charge in [0, 0.05) is 18.8 Å². The highest BCUT2D eigenvalue weighted by molar-refractivity contribution is 7.89. The molecule has 1 aromatic carbocycles. The van der Waals surface area contributed by atoms with E-state index in [4.69, 9.17) is 0 Å². The van der Waals surface area contributed by atoms with Gasteiger partial charge in [0.25, 0.3) is 0 Å². The first-order chi connectivity index (χ1) is 12.9. The van der Waals surface area contributed by atoms with E-state index in [2.05, 4.69) is 5.32 Å². The third-order valence-electron chi connectivity index (χ3n) is 5.14. The Balaban J connectivity index is 1.76. The fourth-order valence-corrected chi connectivity index (χ4v) is 5.16. The lowest BCUT2D eigenvalue weighted by atomic mass is 9.82. The van der Waals surface area contributed by atoms with E-state index in [1.54, 1.807) is 24.3 Å². The van der Waals surface area contributed by atoms with E-state index in [9.17, 15) is 23.1 Å². The quantitative estimate of drug-likeness (QED) is 0.749. The predicted octanol–water partition coefficient (Wildman–Crippen LogP) is 2.47. The first kappa shape index (κ1) is 19.6. The molecule has 2 N–H and O–H groups in total. The molecule has 0 saturated carbocycles. The number of allylic oxidation sites excluding steroid dienone is 2. The van der Waals surface area contributed by atoms with Crippen LogP contribution in [0.2, 0.25) is 0 Å². The molecule has 0 radical (unpaired) electrons. The summed E-state index contributed by atoms with van der Waals surface area (Å²) >= 11 is 0. The second-order valence-corrected chi connectivity index (χ2v) is 8.91. The third kappa shape index (κ3) is 4.39. The van der Waals surface area contributed by atoms with Gasteiger partial charge in [0.15, 0.2) is 0 Å². The standard InChI is InChI=1S/C19H24N2O5S/c22-18(16-9-2-3-10-17(16)19(23)24)20-14-7-6-8-15(13-14)27(25,26)21-11-4-1-5-12-21/h2-3,6-8,13,16-17H,1,4-5,9-12H2,(H,20,22)(H,23,24)/t16-,17+/m0/s1. The molecular weight excluding hydrogens is 368 g/mol. The van der Waals surface area contributed by atoms with Crippen molar-refractivity contribution in [3.05, 3.63) is 36.4 Å². The van der Waals surface area contributed by atoms with Gasteiger partial charge in [-0.3, -0.25) is 9.59 Å². The van der Waals surface area contributed by atoms with Gasteiger partial charge in [-0.05, 0) is 43.9 Å². The van der Waals surface area contributed by atoms with E-state index < -0.39 is 33.7 Å². The number of aliphatic carboxylic acids is 1. The molecule has 1 aliphatic heterocycles. The zero-order chi connectivity index (χ0) is 19.4. The number of carboxylic acid groups (broad SMARTS) is 1. The molecule has 3 rings (SSSR count). The predicted molar refractivity (Wildman–Crippen MR) is 101 cm³/mol. The highest BCUT2D eigenvalue weighted by atomic mass is 32.2. The number of piperidine rings is 1. The number of nitrogens with one attached hydrogen (secondary N) is 1. The molecular formula is C19H24N2O5S. The molecule has 0 bridgehead atoms. The van der Waals surface area contributed by atoms with Crippen LogP contribution in [0.15, 0.2) is 41.3 Å². The smallest absolute Gasteiger partial charge is 0.307 e. The minimum atomic E-state index is -3.59. The lowest BCUT2D eigenvalue weighted by molar-refractivity contribution is -0.146. The molecule has 1 aliphatic carbocycles. The topological polar surface area (TPSA) is 104 Å². The van der Waals surface area contributed by atoms with Gasteiger partial charge >= 0.3 is 5.97 Å². The summed E-state index contributed by atoms with van der Waals surface area (Å²) in [6.45, 7) is 1.02. The molecule has 2 atom stereocenters. The summed E-state index contributed by atoms with van der Waals surface area (Å²) in [5, 5.41) is 12.0. The minimum Gasteiger partial charge on any atom is -0.481 e. The SMILES string of the molecule is O=C(Nc1cccc(S(=O)(=O)N2CCCCC2)c1)[C@H]1CC=CC[C@H]1C(=O)O. The van der Waals surface area contributed by atoms with E-state index in [-0.39, 0.29) is 4.90 Å². The second-order valence-electron chi connectivity index (χ2n) is 6.98. The molecule has 146 valence electrons. The second kappa shape index (κ2) is 8.22. The van der Waals surface area contributed by atoms with Gasteiger partial charge in [0.1, 0.15) is 0 Å². The lowest BCUT2D eigenvalue weighted by Gasteiger charge is -2.26. The van der Waals surface area contributed by atoms with Gasteiger partial charge in [-0.1, -0.05) is 24.6 Å². The number of hydrogen-bond donors (Lipinski definition) is 2. The first-order valence-corrected chi connectivity index (χ1v) is 10.6. The number of hydrogen-bond acceptors (Lipinski definition) is 4. The summed E-state index contributed by atoms with van der Waals surface area (Å²) < 4.78 is 27.1.